The molecule has 1 aliphatic carbocycles. The molecule has 6 heteroatoms. The standard InChI is InChI=1S/C22H25NO3S2/c1-14-12-19(15(2)23(14)18-8-9-18)20(24)13-26-21(25)16-4-6-17(7-5-16)22-27-10-3-11-28-22/h4-7,12,18,22H,3,8-11,13H2,1-2H3. The highest BCUT2D eigenvalue weighted by Crippen LogP contribution is 2.43. The first-order chi connectivity index (χ1) is 13.5. The lowest BCUT2D eigenvalue weighted by molar-refractivity contribution is 0.0474. The van der Waals surface area contributed by atoms with Gasteiger partial charge in [-0.1, -0.05) is 12.1 Å². The summed E-state index contributed by atoms with van der Waals surface area (Å²) in [5.74, 6) is 1.79. The molecule has 0 N–H and O–H groups in total. The Hall–Kier alpha value is -1.66. The molecule has 0 amide bonds. The predicted molar refractivity (Wildman–Crippen MR) is 116 cm³/mol. The van der Waals surface area contributed by atoms with Gasteiger partial charge in [-0.15, -0.1) is 23.5 Å². The molecule has 0 radical (unpaired) electrons. The van der Waals surface area contributed by atoms with Crippen molar-refractivity contribution in [2.75, 3.05) is 18.1 Å². The molecule has 2 fully saturated rings. The van der Waals surface area contributed by atoms with E-state index in [1.54, 1.807) is 12.1 Å². The first-order valence-corrected chi connectivity index (χ1v) is 11.9. The summed E-state index contributed by atoms with van der Waals surface area (Å²) in [5, 5.41) is 0. The zero-order valence-corrected chi connectivity index (χ0v) is 17.9. The molecule has 1 aromatic carbocycles. The molecule has 0 unspecified atom stereocenters. The Kier molecular flexibility index (Phi) is 5.88. The van der Waals surface area contributed by atoms with Gasteiger partial charge < -0.3 is 9.30 Å². The van der Waals surface area contributed by atoms with Crippen LogP contribution >= 0.6 is 23.5 Å². The summed E-state index contributed by atoms with van der Waals surface area (Å²) in [6.07, 6.45) is 3.60. The van der Waals surface area contributed by atoms with Gasteiger partial charge in [0.1, 0.15) is 0 Å². The number of rotatable bonds is 6. The molecule has 1 saturated heterocycles. The largest absolute Gasteiger partial charge is 0.454 e. The Morgan fingerprint density at radius 2 is 1.79 bits per heavy atom. The summed E-state index contributed by atoms with van der Waals surface area (Å²) in [6.45, 7) is 3.78. The van der Waals surface area contributed by atoms with Crippen LogP contribution in [-0.2, 0) is 4.74 Å². The monoisotopic (exact) mass is 415 g/mol. The van der Waals surface area contributed by atoms with Gasteiger partial charge in [0, 0.05) is 23.0 Å². The summed E-state index contributed by atoms with van der Waals surface area (Å²) >= 11 is 3.91. The predicted octanol–water partition coefficient (Wildman–Crippen LogP) is 5.35. The second-order valence-electron chi connectivity index (χ2n) is 7.43. The first kappa shape index (κ1) is 19.6. The fraction of sp³-hybridized carbons (Fsp3) is 0.455. The average Bonchev–Trinajstić information content (AvgIpc) is 3.51. The SMILES string of the molecule is Cc1cc(C(=O)COC(=O)c2ccc(C3SCCCS3)cc2)c(C)n1C1CC1. The normalized spacial score (nSPS) is 17.5. The maximum Gasteiger partial charge on any atom is 0.338 e. The third kappa shape index (κ3) is 4.18. The molecule has 0 spiro atoms. The van der Waals surface area contributed by atoms with Crippen molar-refractivity contribution in [3.63, 3.8) is 0 Å². The summed E-state index contributed by atoms with van der Waals surface area (Å²) in [6, 6.07) is 10.0. The summed E-state index contributed by atoms with van der Waals surface area (Å²) in [5.41, 5.74) is 4.47. The first-order valence-electron chi connectivity index (χ1n) is 9.76. The maximum atomic E-state index is 12.6. The molecule has 0 bridgehead atoms. The van der Waals surface area contributed by atoms with Crippen molar-refractivity contribution in [2.45, 2.75) is 43.7 Å². The Balaban J connectivity index is 1.36. The number of carbonyl (C=O) groups is 2. The number of carbonyl (C=O) groups excluding carboxylic acids is 2. The topological polar surface area (TPSA) is 48.3 Å². The maximum absolute atomic E-state index is 12.6. The highest BCUT2D eigenvalue weighted by molar-refractivity contribution is 8.16. The number of ether oxygens (including phenoxy) is 1. The quantitative estimate of drug-likeness (QED) is 0.470. The number of aromatic nitrogens is 1. The minimum atomic E-state index is -0.445. The molecule has 1 saturated carbocycles. The van der Waals surface area contributed by atoms with E-state index in [1.165, 1.54) is 36.3 Å². The van der Waals surface area contributed by atoms with Crippen molar-refractivity contribution in [1.29, 1.82) is 0 Å². The zero-order valence-electron chi connectivity index (χ0n) is 16.3. The van der Waals surface area contributed by atoms with E-state index in [-0.39, 0.29) is 12.4 Å². The van der Waals surface area contributed by atoms with Gasteiger partial charge in [-0.05, 0) is 68.4 Å². The highest BCUT2D eigenvalue weighted by atomic mass is 32.2. The van der Waals surface area contributed by atoms with Gasteiger partial charge in [0.2, 0.25) is 5.78 Å². The summed E-state index contributed by atoms with van der Waals surface area (Å²) in [4.78, 5) is 24.9. The van der Waals surface area contributed by atoms with Gasteiger partial charge >= 0.3 is 5.97 Å². The van der Waals surface area contributed by atoms with Gasteiger partial charge in [-0.3, -0.25) is 4.79 Å². The average molecular weight is 416 g/mol. The number of hydrogen-bond donors (Lipinski definition) is 0. The van der Waals surface area contributed by atoms with E-state index in [1.807, 2.05) is 55.6 Å². The number of Topliss-reactive ketones (excluding diaryl/α,β-unsaturated/α-hetero) is 1. The second kappa shape index (κ2) is 8.37. The smallest absolute Gasteiger partial charge is 0.338 e. The summed E-state index contributed by atoms with van der Waals surface area (Å²) in [7, 11) is 0. The molecule has 0 atom stereocenters. The third-order valence-electron chi connectivity index (χ3n) is 5.28. The fourth-order valence-corrected chi connectivity index (χ4v) is 6.60. The van der Waals surface area contributed by atoms with Crippen LogP contribution in [-0.4, -0.2) is 34.4 Å². The van der Waals surface area contributed by atoms with Crippen molar-refractivity contribution < 1.29 is 14.3 Å². The van der Waals surface area contributed by atoms with E-state index in [9.17, 15) is 9.59 Å². The van der Waals surface area contributed by atoms with Gasteiger partial charge in [0.15, 0.2) is 6.61 Å². The van der Waals surface area contributed by atoms with E-state index in [4.69, 9.17) is 4.74 Å². The lowest BCUT2D eigenvalue weighted by Gasteiger charge is -2.21. The summed E-state index contributed by atoms with van der Waals surface area (Å²) < 4.78 is 7.98. The van der Waals surface area contributed by atoms with E-state index in [0.29, 0.717) is 21.8 Å². The number of nitrogens with zero attached hydrogens (tertiary/aromatic N) is 1. The molecular formula is C22H25NO3S2. The number of thioether (sulfide) groups is 2. The van der Waals surface area contributed by atoms with Crippen LogP contribution in [0, 0.1) is 13.8 Å². The molecule has 4 nitrogen and oxygen atoms in total. The van der Waals surface area contributed by atoms with Gasteiger partial charge in [0.05, 0.1) is 10.1 Å². The molecule has 1 aromatic heterocycles. The van der Waals surface area contributed by atoms with Gasteiger partial charge in [-0.25, -0.2) is 4.79 Å². The Morgan fingerprint density at radius 1 is 1.11 bits per heavy atom. The van der Waals surface area contributed by atoms with E-state index >= 15 is 0 Å². The third-order valence-corrected chi connectivity index (χ3v) is 8.29. The molecule has 2 heterocycles. The molecule has 148 valence electrons. The van der Waals surface area contributed by atoms with Gasteiger partial charge in [0.25, 0.3) is 0 Å². The van der Waals surface area contributed by atoms with Crippen molar-refractivity contribution in [3.05, 3.63) is 58.4 Å². The molecule has 2 aliphatic rings. The highest BCUT2D eigenvalue weighted by Gasteiger charge is 2.28. The van der Waals surface area contributed by atoms with Crippen molar-refractivity contribution in [1.82, 2.24) is 4.57 Å². The number of esters is 1. The number of benzene rings is 1. The van der Waals surface area contributed by atoms with E-state index in [2.05, 4.69) is 4.57 Å². The Bertz CT molecular complexity index is 878. The van der Waals surface area contributed by atoms with Crippen LogP contribution in [0.25, 0.3) is 0 Å². The van der Waals surface area contributed by atoms with Crippen molar-refractivity contribution in [2.24, 2.45) is 0 Å². The van der Waals surface area contributed by atoms with Crippen molar-refractivity contribution in [3.8, 4) is 0 Å². The molecule has 1 aliphatic heterocycles. The lowest BCUT2D eigenvalue weighted by atomic mass is 10.1. The van der Waals surface area contributed by atoms with Gasteiger partial charge in [-0.2, -0.15) is 0 Å². The zero-order chi connectivity index (χ0) is 19.7. The fourth-order valence-electron chi connectivity index (χ4n) is 3.70. The molecular weight excluding hydrogens is 390 g/mol. The van der Waals surface area contributed by atoms with E-state index < -0.39 is 5.97 Å². The number of ketones is 1. The minimum Gasteiger partial charge on any atom is -0.454 e. The Labute approximate surface area is 174 Å². The van der Waals surface area contributed by atoms with Crippen molar-refractivity contribution >= 4 is 35.3 Å². The van der Waals surface area contributed by atoms with Crippen LogP contribution in [0.4, 0.5) is 0 Å². The van der Waals surface area contributed by atoms with Crippen LogP contribution in [0.15, 0.2) is 30.3 Å². The Morgan fingerprint density at radius 3 is 2.43 bits per heavy atom. The molecule has 4 rings (SSSR count). The number of aryl methyl sites for hydroxylation is 1. The lowest BCUT2D eigenvalue weighted by Crippen LogP contribution is -2.15. The number of hydrogen-bond acceptors (Lipinski definition) is 5. The molecule has 28 heavy (non-hydrogen) atoms. The van der Waals surface area contributed by atoms with Crippen LogP contribution in [0.1, 0.15) is 67.6 Å². The van der Waals surface area contributed by atoms with Crippen LogP contribution < -0.4 is 0 Å². The van der Waals surface area contributed by atoms with E-state index in [0.717, 1.165) is 11.4 Å². The molecule has 2 aromatic rings. The second-order valence-corrected chi connectivity index (χ2v) is 10.2. The minimum absolute atomic E-state index is 0.139. The van der Waals surface area contributed by atoms with Crippen LogP contribution in [0.5, 0.6) is 0 Å². The van der Waals surface area contributed by atoms with Crippen LogP contribution in [0.2, 0.25) is 0 Å². The van der Waals surface area contributed by atoms with Crippen LogP contribution in [0.3, 0.4) is 0 Å².